The molecule has 0 saturated carbocycles. The Labute approximate surface area is 128 Å². The van der Waals surface area contributed by atoms with Crippen LogP contribution in [0.1, 0.15) is 43.4 Å². The minimum Gasteiger partial charge on any atom is -0.481 e. The van der Waals surface area contributed by atoms with Crippen molar-refractivity contribution < 1.29 is 14.7 Å². The summed E-state index contributed by atoms with van der Waals surface area (Å²) in [6.45, 7) is 0.677. The van der Waals surface area contributed by atoms with Crippen LogP contribution in [0.4, 0.5) is 0 Å². The summed E-state index contributed by atoms with van der Waals surface area (Å²) in [6, 6.07) is 3.94. The second-order valence-electron chi connectivity index (χ2n) is 4.61. The first-order valence-electron chi connectivity index (χ1n) is 6.80. The molecule has 1 heterocycles. The summed E-state index contributed by atoms with van der Waals surface area (Å²) in [4.78, 5) is 23.0. The van der Waals surface area contributed by atoms with Gasteiger partial charge in [-0.25, -0.2) is 0 Å². The van der Waals surface area contributed by atoms with Crippen LogP contribution in [-0.4, -0.2) is 23.5 Å². The third-order valence-corrected chi connectivity index (χ3v) is 4.14. The molecular formula is C14H20ClNO3S. The Bertz CT molecular complexity index is 434. The van der Waals surface area contributed by atoms with E-state index in [2.05, 4.69) is 5.32 Å². The van der Waals surface area contributed by atoms with E-state index in [-0.39, 0.29) is 12.3 Å². The van der Waals surface area contributed by atoms with Gasteiger partial charge >= 0.3 is 5.97 Å². The van der Waals surface area contributed by atoms with Crippen molar-refractivity contribution in [3.8, 4) is 0 Å². The van der Waals surface area contributed by atoms with Gasteiger partial charge in [0.1, 0.15) is 0 Å². The van der Waals surface area contributed by atoms with Crippen molar-refractivity contribution in [1.29, 1.82) is 0 Å². The maximum Gasteiger partial charge on any atom is 0.303 e. The number of carbonyl (C=O) groups is 2. The number of thiophene rings is 1. The van der Waals surface area contributed by atoms with Crippen LogP contribution in [0.25, 0.3) is 0 Å². The molecule has 1 aromatic heterocycles. The second kappa shape index (κ2) is 9.77. The fourth-order valence-electron chi connectivity index (χ4n) is 1.79. The van der Waals surface area contributed by atoms with Crippen LogP contribution in [0.15, 0.2) is 12.1 Å². The average Bonchev–Trinajstić information content (AvgIpc) is 2.80. The molecule has 0 aliphatic carbocycles. The Morgan fingerprint density at radius 1 is 1.15 bits per heavy atom. The molecule has 0 fully saturated rings. The van der Waals surface area contributed by atoms with Crippen molar-refractivity contribution in [2.75, 3.05) is 6.54 Å². The predicted octanol–water partition coefficient (Wildman–Crippen LogP) is 3.49. The minimum atomic E-state index is -0.806. The molecule has 1 amide bonds. The molecule has 0 atom stereocenters. The van der Waals surface area contributed by atoms with Crippen LogP contribution in [0.2, 0.25) is 4.34 Å². The van der Waals surface area contributed by atoms with Crippen molar-refractivity contribution in [2.24, 2.45) is 0 Å². The predicted molar refractivity (Wildman–Crippen MR) is 81.4 cm³/mol. The Hall–Kier alpha value is -1.07. The molecule has 0 aliphatic rings. The third-order valence-electron chi connectivity index (χ3n) is 2.85. The van der Waals surface area contributed by atoms with E-state index in [9.17, 15) is 9.59 Å². The topological polar surface area (TPSA) is 66.4 Å². The number of rotatable bonds is 10. The maximum atomic E-state index is 11.5. The number of halogens is 1. The zero-order chi connectivity index (χ0) is 14.8. The van der Waals surface area contributed by atoms with Crippen molar-refractivity contribution in [3.63, 3.8) is 0 Å². The molecule has 0 radical (unpaired) electrons. The van der Waals surface area contributed by atoms with E-state index in [0.29, 0.717) is 25.8 Å². The van der Waals surface area contributed by atoms with Gasteiger partial charge in [-0.1, -0.05) is 11.6 Å². The molecule has 0 unspecified atom stereocenters. The van der Waals surface area contributed by atoms with Gasteiger partial charge in [0.25, 0.3) is 0 Å². The molecule has 0 spiro atoms. The van der Waals surface area contributed by atoms with E-state index in [4.69, 9.17) is 16.7 Å². The number of nitrogens with one attached hydrogen (secondary N) is 1. The molecule has 1 aromatic rings. The number of amides is 1. The lowest BCUT2D eigenvalue weighted by Gasteiger charge is -2.04. The molecule has 112 valence electrons. The largest absolute Gasteiger partial charge is 0.481 e. The van der Waals surface area contributed by atoms with Gasteiger partial charge in [0.2, 0.25) is 5.91 Å². The highest BCUT2D eigenvalue weighted by atomic mass is 35.5. The average molecular weight is 318 g/mol. The molecule has 20 heavy (non-hydrogen) atoms. The van der Waals surface area contributed by atoms with Crippen LogP contribution in [-0.2, 0) is 16.0 Å². The molecule has 0 aromatic carbocycles. The minimum absolute atomic E-state index is 0.00885. The number of hydrogen-bond acceptors (Lipinski definition) is 3. The Morgan fingerprint density at radius 3 is 2.55 bits per heavy atom. The van der Waals surface area contributed by atoms with Gasteiger partial charge < -0.3 is 10.4 Å². The van der Waals surface area contributed by atoms with Crippen molar-refractivity contribution in [3.05, 3.63) is 21.3 Å². The van der Waals surface area contributed by atoms with Crippen LogP contribution in [0, 0.1) is 0 Å². The molecule has 0 saturated heterocycles. The van der Waals surface area contributed by atoms with E-state index >= 15 is 0 Å². The summed E-state index contributed by atoms with van der Waals surface area (Å²) in [5.74, 6) is -0.798. The number of carboxylic acids is 1. The van der Waals surface area contributed by atoms with Crippen LogP contribution >= 0.6 is 22.9 Å². The highest BCUT2D eigenvalue weighted by molar-refractivity contribution is 7.16. The first kappa shape index (κ1) is 17.0. The Morgan fingerprint density at radius 2 is 1.90 bits per heavy atom. The van der Waals surface area contributed by atoms with Gasteiger partial charge in [0.05, 0.1) is 4.34 Å². The fraction of sp³-hybridized carbons (Fsp3) is 0.571. The van der Waals surface area contributed by atoms with Crippen LogP contribution in [0.3, 0.4) is 0 Å². The zero-order valence-electron chi connectivity index (χ0n) is 11.4. The SMILES string of the molecule is O=C(O)CCCCC(=O)NCCCCc1ccc(Cl)s1. The lowest BCUT2D eigenvalue weighted by atomic mass is 10.2. The van der Waals surface area contributed by atoms with Crippen molar-refractivity contribution in [1.82, 2.24) is 5.32 Å². The van der Waals surface area contributed by atoms with Gasteiger partial charge in [-0.2, -0.15) is 0 Å². The molecule has 0 aliphatic heterocycles. The highest BCUT2D eigenvalue weighted by Gasteiger charge is 2.03. The van der Waals surface area contributed by atoms with Gasteiger partial charge in [0.15, 0.2) is 0 Å². The van der Waals surface area contributed by atoms with Crippen LogP contribution < -0.4 is 5.32 Å². The highest BCUT2D eigenvalue weighted by Crippen LogP contribution is 2.22. The Balaban J connectivity index is 1.95. The van der Waals surface area contributed by atoms with Gasteiger partial charge in [0, 0.05) is 24.3 Å². The third kappa shape index (κ3) is 8.17. The lowest BCUT2D eigenvalue weighted by molar-refractivity contribution is -0.137. The number of aliphatic carboxylic acids is 1. The first-order valence-corrected chi connectivity index (χ1v) is 8.00. The van der Waals surface area contributed by atoms with Gasteiger partial charge in [-0.15, -0.1) is 11.3 Å². The summed E-state index contributed by atoms with van der Waals surface area (Å²) in [7, 11) is 0. The first-order chi connectivity index (χ1) is 9.58. The number of carbonyl (C=O) groups excluding carboxylic acids is 1. The molecular weight excluding hydrogens is 298 g/mol. The molecule has 0 bridgehead atoms. The number of hydrogen-bond donors (Lipinski definition) is 2. The maximum absolute atomic E-state index is 11.5. The van der Waals surface area contributed by atoms with Crippen molar-refractivity contribution >= 4 is 34.8 Å². The fourth-order valence-corrected chi connectivity index (χ4v) is 2.92. The molecule has 1 rings (SSSR count). The summed E-state index contributed by atoms with van der Waals surface area (Å²) in [5.41, 5.74) is 0. The molecule has 2 N–H and O–H groups in total. The van der Waals surface area contributed by atoms with E-state index in [1.807, 2.05) is 12.1 Å². The summed E-state index contributed by atoms with van der Waals surface area (Å²) < 4.78 is 0.815. The smallest absolute Gasteiger partial charge is 0.303 e. The second-order valence-corrected chi connectivity index (χ2v) is 6.41. The van der Waals surface area contributed by atoms with E-state index in [0.717, 1.165) is 23.6 Å². The number of aryl methyl sites for hydroxylation is 1. The van der Waals surface area contributed by atoms with Gasteiger partial charge in [-0.05, 0) is 44.2 Å². The zero-order valence-corrected chi connectivity index (χ0v) is 12.9. The number of unbranched alkanes of at least 4 members (excludes halogenated alkanes) is 2. The van der Waals surface area contributed by atoms with E-state index in [1.165, 1.54) is 4.88 Å². The van der Waals surface area contributed by atoms with E-state index < -0.39 is 5.97 Å². The summed E-state index contributed by atoms with van der Waals surface area (Å²) >= 11 is 7.44. The lowest BCUT2D eigenvalue weighted by Crippen LogP contribution is -2.24. The number of carboxylic acid groups (broad SMARTS) is 1. The normalized spacial score (nSPS) is 10.4. The van der Waals surface area contributed by atoms with Gasteiger partial charge in [-0.3, -0.25) is 9.59 Å². The quantitative estimate of drug-likeness (QED) is 0.649. The Kier molecular flexibility index (Phi) is 8.30. The summed E-state index contributed by atoms with van der Waals surface area (Å²) in [5, 5.41) is 11.3. The van der Waals surface area contributed by atoms with E-state index in [1.54, 1.807) is 11.3 Å². The van der Waals surface area contributed by atoms with Crippen LogP contribution in [0.5, 0.6) is 0 Å². The molecule has 6 heteroatoms. The molecule has 4 nitrogen and oxygen atoms in total. The summed E-state index contributed by atoms with van der Waals surface area (Å²) in [6.07, 6.45) is 4.69. The standard InChI is InChI=1S/C14H20ClNO3S/c15-12-9-8-11(20-12)5-3-4-10-16-13(17)6-1-2-7-14(18)19/h8-9H,1-7,10H2,(H,16,17)(H,18,19). The van der Waals surface area contributed by atoms with Crippen molar-refractivity contribution in [2.45, 2.75) is 44.9 Å². The monoisotopic (exact) mass is 317 g/mol.